The third-order valence-electron chi connectivity index (χ3n) is 2.82. The van der Waals surface area contributed by atoms with Gasteiger partial charge in [-0.2, -0.15) is 5.10 Å². The number of nitrogens with zero attached hydrogens (tertiary/aromatic N) is 2. The molecule has 0 atom stereocenters. The maximum atomic E-state index is 12.0. The van der Waals surface area contributed by atoms with Gasteiger partial charge >= 0.3 is 0 Å². The number of carbonyl (C=O) groups excluding carboxylic acids is 1. The molecule has 0 N–H and O–H groups in total. The van der Waals surface area contributed by atoms with Gasteiger partial charge in [-0.15, -0.1) is 11.3 Å². The molecule has 0 aromatic carbocycles. The predicted molar refractivity (Wildman–Crippen MR) is 77.0 cm³/mol. The van der Waals surface area contributed by atoms with Crippen molar-refractivity contribution in [1.82, 2.24) is 9.78 Å². The first-order valence-corrected chi connectivity index (χ1v) is 7.53. The summed E-state index contributed by atoms with van der Waals surface area (Å²) in [7, 11) is 1.89. The lowest BCUT2D eigenvalue weighted by molar-refractivity contribution is -0.117. The Bertz CT molecular complexity index is 546. The van der Waals surface area contributed by atoms with Crippen molar-refractivity contribution >= 4 is 33.0 Å². The minimum atomic E-state index is 0.226. The minimum Gasteiger partial charge on any atom is -0.299 e. The number of halogens is 1. The summed E-state index contributed by atoms with van der Waals surface area (Å²) >= 11 is 5.16. The quantitative estimate of drug-likeness (QED) is 0.845. The van der Waals surface area contributed by atoms with E-state index in [2.05, 4.69) is 28.0 Å². The molecule has 2 aromatic heterocycles. The molecule has 18 heavy (non-hydrogen) atoms. The van der Waals surface area contributed by atoms with Crippen molar-refractivity contribution in [2.24, 2.45) is 7.05 Å². The van der Waals surface area contributed by atoms with Gasteiger partial charge in [0.1, 0.15) is 5.78 Å². The first-order chi connectivity index (χ1) is 8.61. The van der Waals surface area contributed by atoms with Crippen LogP contribution in [0.4, 0.5) is 0 Å². The number of Topliss-reactive ketones (excluding diaryl/α,β-unsaturated/α-hetero) is 1. The highest BCUT2D eigenvalue weighted by Gasteiger charge is 2.16. The summed E-state index contributed by atoms with van der Waals surface area (Å²) in [6.07, 6.45) is 1.81. The number of hydrogen-bond donors (Lipinski definition) is 0. The van der Waals surface area contributed by atoms with E-state index in [0.29, 0.717) is 12.8 Å². The normalized spacial score (nSPS) is 10.8. The lowest BCUT2D eigenvalue weighted by Crippen LogP contribution is -2.09. The van der Waals surface area contributed by atoms with Crippen LogP contribution in [0.1, 0.15) is 23.2 Å². The standard InChI is InChI=1S/C13H15BrN2OS/c1-3-11-13(14)12(16(2)15-11)8-9(17)7-10-5-4-6-18-10/h4-6H,3,7-8H2,1-2H3. The topological polar surface area (TPSA) is 34.9 Å². The van der Waals surface area contributed by atoms with Crippen molar-refractivity contribution in [3.8, 4) is 0 Å². The lowest BCUT2D eigenvalue weighted by Gasteiger charge is -2.01. The lowest BCUT2D eigenvalue weighted by atomic mass is 10.1. The molecule has 2 aromatic rings. The van der Waals surface area contributed by atoms with Crippen LogP contribution in [0.2, 0.25) is 0 Å². The van der Waals surface area contributed by atoms with Gasteiger partial charge in [0.25, 0.3) is 0 Å². The average molecular weight is 327 g/mol. The minimum absolute atomic E-state index is 0.226. The van der Waals surface area contributed by atoms with E-state index in [1.807, 2.05) is 24.6 Å². The Balaban J connectivity index is 2.09. The number of hydrogen-bond acceptors (Lipinski definition) is 3. The number of rotatable bonds is 5. The molecule has 2 heterocycles. The summed E-state index contributed by atoms with van der Waals surface area (Å²) in [6, 6.07) is 3.97. The van der Waals surface area contributed by atoms with Crippen LogP contribution in [0.15, 0.2) is 22.0 Å². The van der Waals surface area contributed by atoms with Gasteiger partial charge < -0.3 is 0 Å². The predicted octanol–water partition coefficient (Wildman–Crippen LogP) is 3.16. The van der Waals surface area contributed by atoms with Crippen molar-refractivity contribution in [1.29, 1.82) is 0 Å². The molecular formula is C13H15BrN2OS. The number of aryl methyl sites for hydroxylation is 2. The second-order valence-electron chi connectivity index (χ2n) is 4.16. The van der Waals surface area contributed by atoms with E-state index in [1.165, 1.54) is 0 Å². The Morgan fingerprint density at radius 2 is 2.28 bits per heavy atom. The molecule has 5 heteroatoms. The monoisotopic (exact) mass is 326 g/mol. The van der Waals surface area contributed by atoms with Crippen LogP contribution in [0, 0.1) is 0 Å². The Hall–Kier alpha value is -0.940. The maximum Gasteiger partial charge on any atom is 0.144 e. The Morgan fingerprint density at radius 3 is 2.83 bits per heavy atom. The zero-order valence-electron chi connectivity index (χ0n) is 10.4. The zero-order valence-corrected chi connectivity index (χ0v) is 12.8. The first kappa shape index (κ1) is 13.5. The van der Waals surface area contributed by atoms with Crippen molar-refractivity contribution in [2.75, 3.05) is 0 Å². The van der Waals surface area contributed by atoms with Crippen molar-refractivity contribution < 1.29 is 4.79 Å². The zero-order chi connectivity index (χ0) is 13.1. The van der Waals surface area contributed by atoms with E-state index in [-0.39, 0.29) is 5.78 Å². The van der Waals surface area contributed by atoms with E-state index in [1.54, 1.807) is 16.0 Å². The van der Waals surface area contributed by atoms with E-state index < -0.39 is 0 Å². The third-order valence-corrected chi connectivity index (χ3v) is 4.61. The molecule has 96 valence electrons. The van der Waals surface area contributed by atoms with Crippen molar-refractivity contribution in [3.05, 3.63) is 38.3 Å². The van der Waals surface area contributed by atoms with Crippen LogP contribution in [0.5, 0.6) is 0 Å². The Kier molecular flexibility index (Phi) is 4.35. The molecule has 0 radical (unpaired) electrons. The SMILES string of the molecule is CCc1nn(C)c(CC(=O)Cc2cccs2)c1Br. The van der Waals surface area contributed by atoms with E-state index in [0.717, 1.165) is 27.2 Å². The summed E-state index contributed by atoms with van der Waals surface area (Å²) < 4.78 is 2.78. The van der Waals surface area contributed by atoms with Gasteiger partial charge in [0.15, 0.2) is 0 Å². The second-order valence-corrected chi connectivity index (χ2v) is 5.98. The molecule has 0 aliphatic carbocycles. The largest absolute Gasteiger partial charge is 0.299 e. The number of ketones is 1. The number of aromatic nitrogens is 2. The van der Waals surface area contributed by atoms with Crippen molar-refractivity contribution in [3.63, 3.8) is 0 Å². The van der Waals surface area contributed by atoms with Crippen LogP contribution in [0.3, 0.4) is 0 Å². The first-order valence-electron chi connectivity index (χ1n) is 5.86. The van der Waals surface area contributed by atoms with Gasteiger partial charge in [-0.3, -0.25) is 9.48 Å². The molecule has 0 saturated carbocycles. The van der Waals surface area contributed by atoms with Gasteiger partial charge in [0.2, 0.25) is 0 Å². The molecule has 0 aliphatic heterocycles. The summed E-state index contributed by atoms with van der Waals surface area (Å²) in [6.45, 7) is 2.06. The van der Waals surface area contributed by atoms with Gasteiger partial charge in [0, 0.05) is 24.8 Å². The van der Waals surface area contributed by atoms with E-state index in [9.17, 15) is 4.79 Å². The Morgan fingerprint density at radius 1 is 1.50 bits per heavy atom. The van der Waals surface area contributed by atoms with Gasteiger partial charge in [0.05, 0.1) is 15.9 Å². The summed E-state index contributed by atoms with van der Waals surface area (Å²) in [5.41, 5.74) is 1.98. The third kappa shape index (κ3) is 2.90. The fourth-order valence-corrected chi connectivity index (χ4v) is 3.36. The van der Waals surface area contributed by atoms with Gasteiger partial charge in [-0.05, 0) is 33.8 Å². The van der Waals surface area contributed by atoms with Crippen LogP contribution < -0.4 is 0 Å². The molecule has 0 fully saturated rings. The second kappa shape index (κ2) is 5.80. The summed E-state index contributed by atoms with van der Waals surface area (Å²) in [4.78, 5) is 13.1. The fraction of sp³-hybridized carbons (Fsp3) is 0.385. The summed E-state index contributed by atoms with van der Waals surface area (Å²) in [5, 5.41) is 6.40. The number of thiophene rings is 1. The highest BCUT2D eigenvalue weighted by Crippen LogP contribution is 2.22. The fourth-order valence-electron chi connectivity index (χ4n) is 1.87. The van der Waals surface area contributed by atoms with Crippen LogP contribution >= 0.6 is 27.3 Å². The molecule has 3 nitrogen and oxygen atoms in total. The van der Waals surface area contributed by atoms with Crippen LogP contribution in [-0.4, -0.2) is 15.6 Å². The molecule has 2 rings (SSSR count). The molecular weight excluding hydrogens is 312 g/mol. The van der Waals surface area contributed by atoms with E-state index in [4.69, 9.17) is 0 Å². The number of carbonyl (C=O) groups is 1. The van der Waals surface area contributed by atoms with Gasteiger partial charge in [-0.25, -0.2) is 0 Å². The van der Waals surface area contributed by atoms with Crippen LogP contribution in [0.25, 0.3) is 0 Å². The van der Waals surface area contributed by atoms with Crippen molar-refractivity contribution in [2.45, 2.75) is 26.2 Å². The Labute approximate surface area is 119 Å². The maximum absolute atomic E-state index is 12.0. The summed E-state index contributed by atoms with van der Waals surface area (Å²) in [5.74, 6) is 0.226. The highest BCUT2D eigenvalue weighted by molar-refractivity contribution is 9.10. The average Bonchev–Trinajstić information content (AvgIpc) is 2.92. The highest BCUT2D eigenvalue weighted by atomic mass is 79.9. The van der Waals surface area contributed by atoms with Gasteiger partial charge in [-0.1, -0.05) is 13.0 Å². The molecule has 0 bridgehead atoms. The molecule has 0 aliphatic rings. The molecule has 0 amide bonds. The smallest absolute Gasteiger partial charge is 0.144 e. The molecule has 0 unspecified atom stereocenters. The van der Waals surface area contributed by atoms with Crippen LogP contribution in [-0.2, 0) is 31.1 Å². The molecule has 0 saturated heterocycles. The van der Waals surface area contributed by atoms with E-state index >= 15 is 0 Å². The molecule has 0 spiro atoms.